The monoisotopic (exact) mass is 230 g/mol. The average molecular weight is 230 g/mol. The van der Waals surface area contributed by atoms with E-state index in [0.717, 1.165) is 25.3 Å². The number of carbonyl (C=O) groups excluding carboxylic acids is 1. The van der Waals surface area contributed by atoms with Crippen LogP contribution in [0.5, 0.6) is 0 Å². The van der Waals surface area contributed by atoms with E-state index >= 15 is 0 Å². The topological polar surface area (TPSA) is 26.3 Å². The number of carbonyl (C=O) groups is 1. The van der Waals surface area contributed by atoms with E-state index in [-0.39, 0.29) is 11.9 Å². The highest BCUT2D eigenvalue weighted by atomic mass is 28.3. The average Bonchev–Trinajstić information content (AvgIpc) is 2.11. The Hall–Kier alpha value is -0.313. The molecule has 0 aliphatic carbocycles. The van der Waals surface area contributed by atoms with Crippen molar-refractivity contribution in [2.45, 2.75) is 58.8 Å². The second kappa shape index (κ2) is 7.04. The van der Waals surface area contributed by atoms with Gasteiger partial charge in [-0.15, -0.1) is 0 Å². The van der Waals surface area contributed by atoms with Crippen LogP contribution in [0, 0.1) is 5.92 Å². The number of ether oxygens (including phenoxy) is 1. The van der Waals surface area contributed by atoms with Crippen LogP contribution in [0.4, 0.5) is 0 Å². The number of rotatable bonds is 7. The van der Waals surface area contributed by atoms with Crippen LogP contribution in [-0.4, -0.2) is 20.7 Å². The molecule has 0 amide bonds. The maximum atomic E-state index is 11.6. The molecule has 0 spiro atoms. The van der Waals surface area contributed by atoms with E-state index in [0.29, 0.717) is 6.61 Å². The number of hydrogen-bond donors (Lipinski definition) is 0. The molecule has 90 valence electrons. The van der Waals surface area contributed by atoms with Gasteiger partial charge in [0.2, 0.25) is 0 Å². The molecule has 0 bridgehead atoms. The predicted molar refractivity (Wildman–Crippen MR) is 67.8 cm³/mol. The summed E-state index contributed by atoms with van der Waals surface area (Å²) in [4.78, 5) is 11.6. The summed E-state index contributed by atoms with van der Waals surface area (Å²) in [6.45, 7) is 11.7. The van der Waals surface area contributed by atoms with E-state index in [9.17, 15) is 4.79 Å². The highest BCUT2D eigenvalue weighted by Crippen LogP contribution is 2.14. The molecule has 1 unspecified atom stereocenters. The van der Waals surface area contributed by atoms with E-state index in [1.54, 1.807) is 0 Å². The Bertz CT molecular complexity index is 185. The van der Waals surface area contributed by atoms with Crippen molar-refractivity contribution in [1.29, 1.82) is 0 Å². The van der Waals surface area contributed by atoms with Crippen LogP contribution in [0.2, 0.25) is 25.7 Å². The quantitative estimate of drug-likeness (QED) is 0.492. The summed E-state index contributed by atoms with van der Waals surface area (Å²) in [7, 11) is -1.06. The number of hydrogen-bond acceptors (Lipinski definition) is 2. The van der Waals surface area contributed by atoms with Crippen molar-refractivity contribution in [3.05, 3.63) is 0 Å². The fourth-order valence-corrected chi connectivity index (χ4v) is 2.13. The Morgan fingerprint density at radius 2 is 1.87 bits per heavy atom. The lowest BCUT2D eigenvalue weighted by atomic mass is 10.0. The predicted octanol–water partition coefficient (Wildman–Crippen LogP) is 3.69. The molecule has 0 aromatic heterocycles. The second-order valence-corrected chi connectivity index (χ2v) is 11.0. The minimum Gasteiger partial charge on any atom is -0.466 e. The van der Waals surface area contributed by atoms with E-state index in [2.05, 4.69) is 33.5 Å². The van der Waals surface area contributed by atoms with Gasteiger partial charge in [0.1, 0.15) is 0 Å². The zero-order chi connectivity index (χ0) is 11.9. The molecule has 2 nitrogen and oxygen atoms in total. The Balaban J connectivity index is 3.81. The summed E-state index contributed by atoms with van der Waals surface area (Å²) in [5.41, 5.74) is 0. The lowest BCUT2D eigenvalue weighted by Crippen LogP contribution is -2.24. The highest BCUT2D eigenvalue weighted by Gasteiger charge is 2.18. The lowest BCUT2D eigenvalue weighted by molar-refractivity contribution is -0.148. The van der Waals surface area contributed by atoms with Crippen molar-refractivity contribution in [1.82, 2.24) is 0 Å². The molecule has 15 heavy (non-hydrogen) atoms. The Morgan fingerprint density at radius 3 is 2.27 bits per heavy atom. The molecule has 0 saturated carbocycles. The molecule has 0 aliphatic heterocycles. The SMILES string of the molecule is CCCC(CC)C(=O)OCC[Si](C)(C)C. The van der Waals surface area contributed by atoms with Gasteiger partial charge in [0, 0.05) is 8.07 Å². The molecule has 0 N–H and O–H groups in total. The number of esters is 1. The van der Waals surface area contributed by atoms with Crippen molar-refractivity contribution in [2.75, 3.05) is 6.61 Å². The maximum absolute atomic E-state index is 11.6. The third-order valence-electron chi connectivity index (χ3n) is 2.56. The molecule has 0 heterocycles. The molecular formula is C12H26O2Si. The first-order valence-corrected chi connectivity index (χ1v) is 9.78. The molecule has 1 atom stereocenters. The van der Waals surface area contributed by atoms with Crippen LogP contribution >= 0.6 is 0 Å². The van der Waals surface area contributed by atoms with Gasteiger partial charge in [-0.25, -0.2) is 0 Å². The van der Waals surface area contributed by atoms with Gasteiger partial charge in [0.15, 0.2) is 0 Å². The molecule has 0 rings (SSSR count). The third kappa shape index (κ3) is 7.60. The maximum Gasteiger partial charge on any atom is 0.308 e. The van der Waals surface area contributed by atoms with Gasteiger partial charge in [-0.2, -0.15) is 0 Å². The molecular weight excluding hydrogens is 204 g/mol. The molecule has 3 heteroatoms. The molecule has 0 saturated heterocycles. The van der Waals surface area contributed by atoms with E-state index < -0.39 is 8.07 Å². The Morgan fingerprint density at radius 1 is 1.27 bits per heavy atom. The fourth-order valence-electron chi connectivity index (χ4n) is 1.41. The van der Waals surface area contributed by atoms with E-state index in [4.69, 9.17) is 4.74 Å². The van der Waals surface area contributed by atoms with Crippen LogP contribution in [-0.2, 0) is 9.53 Å². The van der Waals surface area contributed by atoms with Gasteiger partial charge in [-0.1, -0.05) is 39.9 Å². The van der Waals surface area contributed by atoms with Crippen molar-refractivity contribution in [2.24, 2.45) is 5.92 Å². The first-order chi connectivity index (χ1) is 6.90. The van der Waals surface area contributed by atoms with Gasteiger partial charge in [-0.05, 0) is 18.9 Å². The minimum absolute atomic E-state index is 0.0117. The van der Waals surface area contributed by atoms with Crippen molar-refractivity contribution < 1.29 is 9.53 Å². The Kier molecular flexibility index (Phi) is 6.90. The summed E-state index contributed by atoms with van der Waals surface area (Å²) in [5, 5.41) is 0. The van der Waals surface area contributed by atoms with E-state index in [1.807, 2.05) is 0 Å². The molecule has 0 aliphatic rings. The van der Waals surface area contributed by atoms with Gasteiger partial charge in [0.25, 0.3) is 0 Å². The summed E-state index contributed by atoms with van der Waals surface area (Å²) < 4.78 is 5.32. The summed E-state index contributed by atoms with van der Waals surface area (Å²) >= 11 is 0. The van der Waals surface area contributed by atoms with Crippen LogP contribution < -0.4 is 0 Å². The zero-order valence-corrected chi connectivity index (χ0v) is 11.9. The molecule has 0 aromatic carbocycles. The van der Waals surface area contributed by atoms with Crippen LogP contribution in [0.25, 0.3) is 0 Å². The van der Waals surface area contributed by atoms with Gasteiger partial charge < -0.3 is 4.74 Å². The Labute approximate surface area is 95.4 Å². The standard InChI is InChI=1S/C12H26O2Si/c1-6-8-11(7-2)12(13)14-9-10-15(3,4)5/h11H,6-10H2,1-5H3. The van der Waals surface area contributed by atoms with Gasteiger partial charge in [-0.3, -0.25) is 4.79 Å². The highest BCUT2D eigenvalue weighted by molar-refractivity contribution is 6.76. The normalized spacial score (nSPS) is 13.7. The van der Waals surface area contributed by atoms with Crippen molar-refractivity contribution in [3.63, 3.8) is 0 Å². The fraction of sp³-hybridized carbons (Fsp3) is 0.917. The lowest BCUT2D eigenvalue weighted by Gasteiger charge is -2.17. The summed E-state index contributed by atoms with van der Waals surface area (Å²) in [5.74, 6) is 0.134. The van der Waals surface area contributed by atoms with Gasteiger partial charge in [0.05, 0.1) is 12.5 Å². The smallest absolute Gasteiger partial charge is 0.308 e. The third-order valence-corrected chi connectivity index (χ3v) is 4.26. The zero-order valence-electron chi connectivity index (χ0n) is 10.9. The first kappa shape index (κ1) is 14.7. The molecule has 0 aromatic rings. The summed E-state index contributed by atoms with van der Waals surface area (Å²) in [6.07, 6.45) is 2.92. The molecule has 0 radical (unpaired) electrons. The van der Waals surface area contributed by atoms with Crippen LogP contribution in [0.15, 0.2) is 0 Å². The molecule has 0 fully saturated rings. The van der Waals surface area contributed by atoms with Crippen LogP contribution in [0.3, 0.4) is 0 Å². The van der Waals surface area contributed by atoms with Crippen molar-refractivity contribution >= 4 is 14.0 Å². The largest absolute Gasteiger partial charge is 0.466 e. The second-order valence-electron chi connectivity index (χ2n) is 5.37. The van der Waals surface area contributed by atoms with Gasteiger partial charge >= 0.3 is 5.97 Å². The first-order valence-electron chi connectivity index (χ1n) is 6.07. The van der Waals surface area contributed by atoms with E-state index in [1.165, 1.54) is 0 Å². The van der Waals surface area contributed by atoms with Crippen molar-refractivity contribution in [3.8, 4) is 0 Å². The summed E-state index contributed by atoms with van der Waals surface area (Å²) in [6, 6.07) is 1.07. The minimum atomic E-state index is -1.06. The van der Waals surface area contributed by atoms with Crippen LogP contribution in [0.1, 0.15) is 33.1 Å².